The highest BCUT2D eigenvalue weighted by molar-refractivity contribution is 7.90. The fourth-order valence-electron chi connectivity index (χ4n) is 2.42. The number of hydrogen-bond donors (Lipinski definition) is 1. The molecule has 0 saturated carbocycles. The van der Waals surface area contributed by atoms with Crippen molar-refractivity contribution in [2.24, 2.45) is 5.41 Å². The summed E-state index contributed by atoms with van der Waals surface area (Å²) in [7, 11) is -3.20. The van der Waals surface area contributed by atoms with Gasteiger partial charge in [0, 0.05) is 12.8 Å². The molecule has 1 rings (SSSR count). The monoisotopic (exact) mass is 318 g/mol. The van der Waals surface area contributed by atoms with Gasteiger partial charge in [0.15, 0.2) is 0 Å². The summed E-state index contributed by atoms with van der Waals surface area (Å²) in [4.78, 5) is 26.6. The fourth-order valence-corrected chi connectivity index (χ4v) is 2.94. The molecule has 21 heavy (non-hydrogen) atoms. The molecule has 6 nitrogen and oxygen atoms in total. The van der Waals surface area contributed by atoms with Gasteiger partial charge in [-0.2, -0.15) is 0 Å². The van der Waals surface area contributed by atoms with Crippen molar-refractivity contribution in [2.75, 3.05) is 18.6 Å². The summed E-state index contributed by atoms with van der Waals surface area (Å²) in [5.41, 5.74) is -1.42. The van der Waals surface area contributed by atoms with E-state index in [2.05, 4.69) is 5.32 Å². The minimum Gasteiger partial charge on any atom is -0.342 e. The Labute approximate surface area is 127 Å². The Balaban J connectivity index is 3.16. The van der Waals surface area contributed by atoms with Crippen LogP contribution in [-0.2, 0) is 19.4 Å². The molecule has 0 aliphatic carbocycles. The second-order valence-corrected chi connectivity index (χ2v) is 9.28. The van der Waals surface area contributed by atoms with Gasteiger partial charge >= 0.3 is 0 Å². The SMILES string of the molecule is CCC1(C)C(=O)NC(C(C)(C)C)C(=O)N1CCS(C)(=O)=O. The van der Waals surface area contributed by atoms with Crippen molar-refractivity contribution in [3.8, 4) is 0 Å². The van der Waals surface area contributed by atoms with Gasteiger partial charge in [0.2, 0.25) is 11.8 Å². The van der Waals surface area contributed by atoms with Gasteiger partial charge in [0.25, 0.3) is 0 Å². The number of rotatable bonds is 4. The van der Waals surface area contributed by atoms with Crippen molar-refractivity contribution < 1.29 is 18.0 Å². The van der Waals surface area contributed by atoms with Gasteiger partial charge in [0.05, 0.1) is 5.75 Å². The van der Waals surface area contributed by atoms with E-state index < -0.39 is 26.8 Å². The molecular formula is C14H26N2O4S. The zero-order chi connectivity index (χ0) is 16.6. The summed E-state index contributed by atoms with van der Waals surface area (Å²) >= 11 is 0. The van der Waals surface area contributed by atoms with Crippen molar-refractivity contribution in [3.05, 3.63) is 0 Å². The number of nitrogens with zero attached hydrogens (tertiary/aromatic N) is 1. The van der Waals surface area contributed by atoms with Gasteiger partial charge in [-0.05, 0) is 18.8 Å². The Bertz CT molecular complexity index is 536. The molecule has 1 N–H and O–H groups in total. The molecule has 2 atom stereocenters. The highest BCUT2D eigenvalue weighted by Gasteiger charge is 2.51. The van der Waals surface area contributed by atoms with E-state index in [-0.39, 0.29) is 24.1 Å². The van der Waals surface area contributed by atoms with Gasteiger partial charge < -0.3 is 10.2 Å². The van der Waals surface area contributed by atoms with Crippen LogP contribution in [0.25, 0.3) is 0 Å². The van der Waals surface area contributed by atoms with E-state index in [1.165, 1.54) is 4.90 Å². The van der Waals surface area contributed by atoms with E-state index in [0.717, 1.165) is 6.26 Å². The first kappa shape index (κ1) is 17.9. The van der Waals surface area contributed by atoms with Crippen molar-refractivity contribution in [1.82, 2.24) is 10.2 Å². The number of sulfone groups is 1. The molecule has 0 spiro atoms. The summed E-state index contributed by atoms with van der Waals surface area (Å²) in [5, 5.41) is 2.80. The molecule has 1 aliphatic rings. The quantitative estimate of drug-likeness (QED) is 0.821. The number of nitrogens with one attached hydrogen (secondary N) is 1. The maximum absolute atomic E-state index is 12.7. The first-order chi connectivity index (χ1) is 9.33. The summed E-state index contributed by atoms with van der Waals surface area (Å²) in [6.07, 6.45) is 1.57. The number of piperazine rings is 1. The van der Waals surface area contributed by atoms with Gasteiger partial charge in [-0.3, -0.25) is 9.59 Å². The van der Waals surface area contributed by atoms with Crippen molar-refractivity contribution in [2.45, 2.75) is 52.6 Å². The molecule has 0 radical (unpaired) electrons. The second kappa shape index (κ2) is 5.59. The van der Waals surface area contributed by atoms with Crippen LogP contribution in [-0.4, -0.2) is 55.3 Å². The van der Waals surface area contributed by atoms with E-state index in [1.807, 2.05) is 27.7 Å². The van der Waals surface area contributed by atoms with Crippen LogP contribution in [0.15, 0.2) is 0 Å². The van der Waals surface area contributed by atoms with Gasteiger partial charge in [-0.15, -0.1) is 0 Å². The van der Waals surface area contributed by atoms with Crippen LogP contribution in [0, 0.1) is 5.41 Å². The predicted molar refractivity (Wildman–Crippen MR) is 81.5 cm³/mol. The van der Waals surface area contributed by atoms with Crippen LogP contribution in [0.2, 0.25) is 0 Å². The van der Waals surface area contributed by atoms with Crippen LogP contribution in [0.1, 0.15) is 41.0 Å². The summed E-state index contributed by atoms with van der Waals surface area (Å²) in [6, 6.07) is -0.635. The second-order valence-electron chi connectivity index (χ2n) is 7.02. The number of hydrogen-bond acceptors (Lipinski definition) is 4. The van der Waals surface area contributed by atoms with Crippen LogP contribution in [0.4, 0.5) is 0 Å². The fraction of sp³-hybridized carbons (Fsp3) is 0.857. The Morgan fingerprint density at radius 3 is 2.19 bits per heavy atom. The zero-order valence-corrected chi connectivity index (χ0v) is 14.5. The molecule has 0 bridgehead atoms. The highest BCUT2D eigenvalue weighted by Crippen LogP contribution is 2.31. The van der Waals surface area contributed by atoms with Crippen molar-refractivity contribution in [1.29, 1.82) is 0 Å². The molecule has 0 aromatic rings. The van der Waals surface area contributed by atoms with E-state index in [0.29, 0.717) is 6.42 Å². The molecule has 7 heteroatoms. The average Bonchev–Trinajstić information content (AvgIpc) is 2.30. The standard InChI is InChI=1S/C14H26N2O4S/c1-7-14(5)12(18)15-10(13(2,3)4)11(17)16(14)8-9-21(6,19)20/h10H,7-9H2,1-6H3,(H,15,18). The molecule has 1 fully saturated rings. The van der Waals surface area contributed by atoms with E-state index in [1.54, 1.807) is 6.92 Å². The average molecular weight is 318 g/mol. The molecule has 1 aliphatic heterocycles. The van der Waals surface area contributed by atoms with E-state index >= 15 is 0 Å². The van der Waals surface area contributed by atoms with Crippen molar-refractivity contribution >= 4 is 21.7 Å². The van der Waals surface area contributed by atoms with E-state index in [9.17, 15) is 18.0 Å². The van der Waals surface area contributed by atoms with Gasteiger partial charge in [0.1, 0.15) is 21.4 Å². The molecule has 0 aromatic carbocycles. The first-order valence-electron chi connectivity index (χ1n) is 7.13. The lowest BCUT2D eigenvalue weighted by atomic mass is 9.80. The predicted octanol–water partition coefficient (Wildman–Crippen LogP) is 0.573. The van der Waals surface area contributed by atoms with Gasteiger partial charge in [-0.1, -0.05) is 27.7 Å². The van der Waals surface area contributed by atoms with Gasteiger partial charge in [-0.25, -0.2) is 8.42 Å². The Hall–Kier alpha value is -1.11. The van der Waals surface area contributed by atoms with E-state index in [4.69, 9.17) is 0 Å². The smallest absolute Gasteiger partial charge is 0.246 e. The maximum atomic E-state index is 12.7. The highest BCUT2D eigenvalue weighted by atomic mass is 32.2. The third-order valence-electron chi connectivity index (χ3n) is 4.11. The lowest BCUT2D eigenvalue weighted by Gasteiger charge is -2.48. The number of amides is 2. The molecular weight excluding hydrogens is 292 g/mol. The maximum Gasteiger partial charge on any atom is 0.246 e. The number of carbonyl (C=O) groups is 2. The summed E-state index contributed by atoms with van der Waals surface area (Å²) in [6.45, 7) is 9.17. The van der Waals surface area contributed by atoms with Crippen LogP contribution >= 0.6 is 0 Å². The molecule has 1 saturated heterocycles. The largest absolute Gasteiger partial charge is 0.342 e. The summed E-state index contributed by atoms with van der Waals surface area (Å²) < 4.78 is 22.8. The Morgan fingerprint density at radius 1 is 1.29 bits per heavy atom. The lowest BCUT2D eigenvalue weighted by Crippen LogP contribution is -2.72. The third kappa shape index (κ3) is 3.75. The lowest BCUT2D eigenvalue weighted by molar-refractivity contribution is -0.159. The van der Waals surface area contributed by atoms with Crippen LogP contribution in [0.5, 0.6) is 0 Å². The van der Waals surface area contributed by atoms with Crippen LogP contribution in [0.3, 0.4) is 0 Å². The molecule has 0 aromatic heterocycles. The minimum absolute atomic E-state index is 0.0437. The first-order valence-corrected chi connectivity index (χ1v) is 9.19. The molecule has 2 amide bonds. The minimum atomic E-state index is -3.20. The number of carbonyl (C=O) groups excluding carboxylic acids is 2. The zero-order valence-electron chi connectivity index (χ0n) is 13.7. The molecule has 2 unspecified atom stereocenters. The topological polar surface area (TPSA) is 83.6 Å². The normalized spacial score (nSPS) is 27.7. The molecule has 1 heterocycles. The Morgan fingerprint density at radius 2 is 1.81 bits per heavy atom. The summed E-state index contributed by atoms with van der Waals surface area (Å²) in [5.74, 6) is -0.577. The molecule has 122 valence electrons. The van der Waals surface area contributed by atoms with Crippen molar-refractivity contribution in [3.63, 3.8) is 0 Å². The third-order valence-corrected chi connectivity index (χ3v) is 5.04. The Kier molecular flexibility index (Phi) is 4.77. The van der Waals surface area contributed by atoms with Crippen LogP contribution < -0.4 is 5.32 Å².